The van der Waals surface area contributed by atoms with Gasteiger partial charge in [0.05, 0.1) is 0 Å². The number of hydrogen-bond acceptors (Lipinski definition) is 2. The third-order valence-electron chi connectivity index (χ3n) is 4.02. The van der Waals surface area contributed by atoms with Gasteiger partial charge in [0.25, 0.3) is 0 Å². The van der Waals surface area contributed by atoms with Gasteiger partial charge in [0.15, 0.2) is 0 Å². The molecule has 0 saturated carbocycles. The largest absolute Gasteiger partial charge is 0.344 e. The van der Waals surface area contributed by atoms with Crippen LogP contribution in [0.3, 0.4) is 0 Å². The molecule has 0 spiro atoms. The van der Waals surface area contributed by atoms with Crippen LogP contribution in [-0.4, -0.2) is 11.8 Å². The highest BCUT2D eigenvalue weighted by Crippen LogP contribution is 2.22. The number of anilines is 1. The van der Waals surface area contributed by atoms with Crippen molar-refractivity contribution < 1.29 is 9.59 Å². The summed E-state index contributed by atoms with van der Waals surface area (Å²) in [5.74, 6) is -1.25. The van der Waals surface area contributed by atoms with Crippen molar-refractivity contribution >= 4 is 17.5 Å². The lowest BCUT2D eigenvalue weighted by Gasteiger charge is -2.14. The van der Waals surface area contributed by atoms with E-state index >= 15 is 0 Å². The minimum absolute atomic E-state index is 0.336. The Kier molecular flexibility index (Phi) is 6.13. The first-order valence-corrected chi connectivity index (χ1v) is 8.30. The van der Waals surface area contributed by atoms with Crippen molar-refractivity contribution in [3.05, 3.63) is 64.7 Å². The van der Waals surface area contributed by atoms with Crippen LogP contribution >= 0.6 is 0 Å². The summed E-state index contributed by atoms with van der Waals surface area (Å²) in [5, 5.41) is 5.44. The van der Waals surface area contributed by atoms with Gasteiger partial charge in [-0.15, -0.1) is 0 Å². The van der Waals surface area contributed by atoms with Crippen molar-refractivity contribution in [1.29, 1.82) is 0 Å². The summed E-state index contributed by atoms with van der Waals surface area (Å²) < 4.78 is 0. The molecule has 4 heteroatoms. The van der Waals surface area contributed by atoms with Gasteiger partial charge in [-0.25, -0.2) is 0 Å². The average Bonchev–Trinajstić information content (AvgIpc) is 2.61. The zero-order chi connectivity index (χ0) is 17.5. The smallest absolute Gasteiger partial charge is 0.313 e. The molecule has 0 heterocycles. The number of amides is 2. The SMILES string of the molecule is CCc1cccc(CC)c1NC(=O)C(=O)NCc1ccc(C)cc1. The fourth-order valence-corrected chi connectivity index (χ4v) is 2.54. The number of carbonyl (C=O) groups is 2. The van der Waals surface area contributed by atoms with Crippen LogP contribution in [-0.2, 0) is 29.0 Å². The maximum atomic E-state index is 12.2. The van der Waals surface area contributed by atoms with Crippen LogP contribution in [0.15, 0.2) is 42.5 Å². The van der Waals surface area contributed by atoms with Crippen LogP contribution in [0.2, 0.25) is 0 Å². The predicted molar refractivity (Wildman–Crippen MR) is 96.9 cm³/mol. The van der Waals surface area contributed by atoms with E-state index in [4.69, 9.17) is 0 Å². The molecule has 4 nitrogen and oxygen atoms in total. The van der Waals surface area contributed by atoms with Crippen LogP contribution < -0.4 is 10.6 Å². The molecule has 0 fully saturated rings. The standard InChI is InChI=1S/C20H24N2O2/c1-4-16-7-6-8-17(5-2)18(16)22-20(24)19(23)21-13-15-11-9-14(3)10-12-15/h6-12H,4-5,13H2,1-3H3,(H,21,23)(H,22,24). The van der Waals surface area contributed by atoms with Gasteiger partial charge in [-0.05, 0) is 36.5 Å². The van der Waals surface area contributed by atoms with Crippen LogP contribution in [0, 0.1) is 6.92 Å². The topological polar surface area (TPSA) is 58.2 Å². The summed E-state index contributed by atoms with van der Waals surface area (Å²) in [6.45, 7) is 6.40. The van der Waals surface area contributed by atoms with Crippen molar-refractivity contribution in [3.63, 3.8) is 0 Å². The van der Waals surface area contributed by atoms with E-state index in [0.29, 0.717) is 6.54 Å². The summed E-state index contributed by atoms with van der Waals surface area (Å²) >= 11 is 0. The molecule has 2 aromatic rings. The molecule has 2 aromatic carbocycles. The van der Waals surface area contributed by atoms with Gasteiger partial charge in [0.2, 0.25) is 0 Å². The predicted octanol–water partition coefficient (Wildman–Crippen LogP) is 3.37. The number of nitrogens with one attached hydrogen (secondary N) is 2. The highest BCUT2D eigenvalue weighted by atomic mass is 16.2. The molecule has 0 saturated heterocycles. The fourth-order valence-electron chi connectivity index (χ4n) is 2.54. The molecule has 2 rings (SSSR count). The fraction of sp³-hybridized carbons (Fsp3) is 0.300. The van der Waals surface area contributed by atoms with Gasteiger partial charge < -0.3 is 10.6 Å². The van der Waals surface area contributed by atoms with Crippen molar-refractivity contribution in [2.45, 2.75) is 40.2 Å². The first-order valence-electron chi connectivity index (χ1n) is 8.30. The lowest BCUT2D eigenvalue weighted by atomic mass is 10.0. The molecule has 0 aliphatic heterocycles. The molecule has 0 atom stereocenters. The quantitative estimate of drug-likeness (QED) is 0.829. The van der Waals surface area contributed by atoms with Gasteiger partial charge in [0.1, 0.15) is 0 Å². The Morgan fingerprint density at radius 2 is 1.46 bits per heavy atom. The second-order valence-electron chi connectivity index (χ2n) is 5.78. The summed E-state index contributed by atoms with van der Waals surface area (Å²) in [6.07, 6.45) is 1.60. The second kappa shape index (κ2) is 8.29. The van der Waals surface area contributed by atoms with Gasteiger partial charge in [0, 0.05) is 12.2 Å². The van der Waals surface area contributed by atoms with E-state index in [0.717, 1.165) is 40.8 Å². The van der Waals surface area contributed by atoms with Crippen LogP contribution in [0.4, 0.5) is 5.69 Å². The highest BCUT2D eigenvalue weighted by Gasteiger charge is 2.16. The number of aryl methyl sites for hydroxylation is 3. The normalized spacial score (nSPS) is 10.3. The van der Waals surface area contributed by atoms with E-state index in [1.807, 2.05) is 63.2 Å². The molecule has 0 unspecified atom stereocenters. The van der Waals surface area contributed by atoms with E-state index in [1.165, 1.54) is 0 Å². The third-order valence-corrected chi connectivity index (χ3v) is 4.02. The molecular weight excluding hydrogens is 300 g/mol. The summed E-state index contributed by atoms with van der Waals surface area (Å²) in [4.78, 5) is 24.3. The second-order valence-corrected chi connectivity index (χ2v) is 5.78. The first kappa shape index (κ1) is 17.7. The van der Waals surface area contributed by atoms with Crippen molar-refractivity contribution in [2.75, 3.05) is 5.32 Å². The Hall–Kier alpha value is -2.62. The minimum atomic E-state index is -0.627. The molecule has 2 amide bonds. The van der Waals surface area contributed by atoms with E-state index in [9.17, 15) is 9.59 Å². The van der Waals surface area contributed by atoms with Crippen LogP contribution in [0.1, 0.15) is 36.1 Å². The minimum Gasteiger partial charge on any atom is -0.344 e. The number of rotatable bonds is 5. The molecule has 126 valence electrons. The van der Waals surface area contributed by atoms with Crippen molar-refractivity contribution in [1.82, 2.24) is 5.32 Å². The van der Waals surface area contributed by atoms with Crippen molar-refractivity contribution in [2.24, 2.45) is 0 Å². The van der Waals surface area contributed by atoms with Gasteiger partial charge >= 0.3 is 11.8 Å². The highest BCUT2D eigenvalue weighted by molar-refractivity contribution is 6.39. The molecule has 0 bridgehead atoms. The number of para-hydroxylation sites is 1. The molecule has 0 radical (unpaired) electrons. The Balaban J connectivity index is 2.01. The maximum absolute atomic E-state index is 12.2. The van der Waals surface area contributed by atoms with Crippen molar-refractivity contribution in [3.8, 4) is 0 Å². The molecular formula is C20H24N2O2. The zero-order valence-electron chi connectivity index (χ0n) is 14.5. The first-order chi connectivity index (χ1) is 11.5. The van der Waals surface area contributed by atoms with E-state index in [2.05, 4.69) is 10.6 Å². The monoisotopic (exact) mass is 324 g/mol. The molecule has 0 aliphatic rings. The Morgan fingerprint density at radius 3 is 2.00 bits per heavy atom. The molecule has 0 aliphatic carbocycles. The average molecular weight is 324 g/mol. The van der Waals surface area contributed by atoms with Gasteiger partial charge in [-0.3, -0.25) is 9.59 Å². The summed E-state index contributed by atoms with van der Waals surface area (Å²) in [5.41, 5.74) is 4.96. The lowest BCUT2D eigenvalue weighted by molar-refractivity contribution is -0.136. The zero-order valence-corrected chi connectivity index (χ0v) is 14.5. The van der Waals surface area contributed by atoms with E-state index in [1.54, 1.807) is 0 Å². The molecule has 0 aromatic heterocycles. The Bertz CT molecular complexity index is 699. The number of carbonyl (C=O) groups excluding carboxylic acids is 2. The summed E-state index contributed by atoms with van der Waals surface area (Å²) in [7, 11) is 0. The van der Waals surface area contributed by atoms with Gasteiger partial charge in [-0.2, -0.15) is 0 Å². The molecule has 24 heavy (non-hydrogen) atoms. The van der Waals surface area contributed by atoms with Crippen LogP contribution in [0.25, 0.3) is 0 Å². The lowest BCUT2D eigenvalue weighted by Crippen LogP contribution is -2.35. The number of benzene rings is 2. The Morgan fingerprint density at radius 1 is 0.875 bits per heavy atom. The van der Waals surface area contributed by atoms with E-state index in [-0.39, 0.29) is 0 Å². The summed E-state index contributed by atoms with van der Waals surface area (Å²) in [6, 6.07) is 13.8. The van der Waals surface area contributed by atoms with Gasteiger partial charge in [-0.1, -0.05) is 61.9 Å². The maximum Gasteiger partial charge on any atom is 0.313 e. The Labute approximate surface area is 143 Å². The third kappa shape index (κ3) is 4.44. The van der Waals surface area contributed by atoms with E-state index < -0.39 is 11.8 Å². The molecule has 2 N–H and O–H groups in total. The van der Waals surface area contributed by atoms with Crippen LogP contribution in [0.5, 0.6) is 0 Å². The number of hydrogen-bond donors (Lipinski definition) is 2.